The van der Waals surface area contributed by atoms with Crippen LogP contribution in [0, 0.1) is 5.92 Å². The number of hydrogen-bond donors (Lipinski definition) is 2. The first-order chi connectivity index (χ1) is 7.02. The molecule has 88 valence electrons. The van der Waals surface area contributed by atoms with Gasteiger partial charge in [-0.25, -0.2) is 0 Å². The first-order valence-electron chi connectivity index (χ1n) is 6.09. The Bertz CT molecular complexity index is 224. The van der Waals surface area contributed by atoms with E-state index in [-0.39, 0.29) is 0 Å². The van der Waals surface area contributed by atoms with E-state index in [0.717, 1.165) is 32.4 Å². The molecule has 2 atom stereocenters. The zero-order valence-corrected chi connectivity index (χ0v) is 10.7. The summed E-state index contributed by atoms with van der Waals surface area (Å²) in [6.07, 6.45) is 4.37. The molecule has 2 aliphatic rings. The molecule has 15 heavy (non-hydrogen) atoms. The summed E-state index contributed by atoms with van der Waals surface area (Å²) in [6, 6.07) is 0. The molecule has 2 nitrogen and oxygen atoms in total. The number of β-amino-alcohol motifs (C(OH)–C–C–N with tert-alkyl or cyclic N) is 1. The van der Waals surface area contributed by atoms with E-state index < -0.39 is 5.60 Å². The summed E-state index contributed by atoms with van der Waals surface area (Å²) >= 11 is 2.06. The van der Waals surface area contributed by atoms with Crippen LogP contribution in [0.3, 0.4) is 0 Å². The van der Waals surface area contributed by atoms with Crippen molar-refractivity contribution in [2.45, 2.75) is 49.9 Å². The van der Waals surface area contributed by atoms with Gasteiger partial charge in [0.25, 0.3) is 0 Å². The van der Waals surface area contributed by atoms with Gasteiger partial charge in [-0.15, -0.1) is 0 Å². The van der Waals surface area contributed by atoms with Gasteiger partial charge in [0, 0.05) is 11.3 Å². The molecule has 2 saturated heterocycles. The van der Waals surface area contributed by atoms with Crippen LogP contribution >= 0.6 is 11.8 Å². The number of rotatable bonds is 2. The fourth-order valence-electron chi connectivity index (χ4n) is 2.86. The third kappa shape index (κ3) is 2.69. The Morgan fingerprint density at radius 1 is 1.47 bits per heavy atom. The zero-order chi connectivity index (χ0) is 10.9. The van der Waals surface area contributed by atoms with Crippen molar-refractivity contribution >= 4 is 11.8 Å². The van der Waals surface area contributed by atoms with E-state index in [2.05, 4.69) is 30.9 Å². The van der Waals surface area contributed by atoms with Crippen LogP contribution in [0.5, 0.6) is 0 Å². The van der Waals surface area contributed by atoms with Crippen molar-refractivity contribution in [3.63, 3.8) is 0 Å². The molecule has 0 aromatic carbocycles. The molecule has 2 unspecified atom stereocenters. The van der Waals surface area contributed by atoms with Crippen LogP contribution in [0.4, 0.5) is 0 Å². The number of nitrogens with one attached hydrogen (secondary N) is 1. The average Bonchev–Trinajstić information content (AvgIpc) is 2.46. The maximum Gasteiger partial charge on any atom is 0.0775 e. The first kappa shape index (κ1) is 11.7. The summed E-state index contributed by atoms with van der Waals surface area (Å²) in [5, 5.41) is 13.8. The molecule has 2 aliphatic heterocycles. The fourth-order valence-corrected chi connectivity index (χ4v) is 4.23. The average molecular weight is 229 g/mol. The third-order valence-corrected chi connectivity index (χ3v) is 5.52. The minimum Gasteiger partial charge on any atom is -0.389 e. The maximum atomic E-state index is 10.5. The molecule has 0 amide bonds. The Morgan fingerprint density at radius 2 is 2.27 bits per heavy atom. The Kier molecular flexibility index (Phi) is 3.34. The van der Waals surface area contributed by atoms with Crippen molar-refractivity contribution in [1.29, 1.82) is 0 Å². The van der Waals surface area contributed by atoms with Gasteiger partial charge >= 0.3 is 0 Å². The molecule has 2 N–H and O–H groups in total. The molecule has 2 heterocycles. The van der Waals surface area contributed by atoms with Gasteiger partial charge in [0.1, 0.15) is 0 Å². The van der Waals surface area contributed by atoms with E-state index in [9.17, 15) is 5.11 Å². The third-order valence-electron chi connectivity index (χ3n) is 4.00. The lowest BCUT2D eigenvalue weighted by molar-refractivity contribution is -0.00873. The SMILES string of the molecule is CC1(C)SCCC1CC1(O)CCCNC1. The van der Waals surface area contributed by atoms with Crippen LogP contribution < -0.4 is 5.32 Å². The van der Waals surface area contributed by atoms with Gasteiger partial charge in [-0.1, -0.05) is 13.8 Å². The van der Waals surface area contributed by atoms with E-state index in [1.165, 1.54) is 12.2 Å². The van der Waals surface area contributed by atoms with E-state index >= 15 is 0 Å². The highest BCUT2D eigenvalue weighted by molar-refractivity contribution is 8.00. The quantitative estimate of drug-likeness (QED) is 0.760. The molecule has 0 aromatic heterocycles. The van der Waals surface area contributed by atoms with Crippen molar-refractivity contribution in [3.8, 4) is 0 Å². The zero-order valence-electron chi connectivity index (χ0n) is 9.88. The summed E-state index contributed by atoms with van der Waals surface area (Å²) in [6.45, 7) is 6.53. The molecule has 2 fully saturated rings. The van der Waals surface area contributed by atoms with Crippen LogP contribution in [-0.2, 0) is 0 Å². The topological polar surface area (TPSA) is 32.3 Å². The summed E-state index contributed by atoms with van der Waals surface area (Å²) in [4.78, 5) is 0. The van der Waals surface area contributed by atoms with Crippen molar-refractivity contribution in [2.75, 3.05) is 18.8 Å². The van der Waals surface area contributed by atoms with Gasteiger partial charge in [-0.2, -0.15) is 11.8 Å². The van der Waals surface area contributed by atoms with E-state index in [4.69, 9.17) is 0 Å². The Labute approximate surface area is 97.2 Å². The van der Waals surface area contributed by atoms with Crippen LogP contribution in [0.2, 0.25) is 0 Å². The standard InChI is InChI=1S/C12H23NOS/c1-11(2)10(4-7-15-11)8-12(14)5-3-6-13-9-12/h10,13-14H,3-9H2,1-2H3. The Morgan fingerprint density at radius 3 is 2.80 bits per heavy atom. The van der Waals surface area contributed by atoms with E-state index in [1.807, 2.05) is 0 Å². The second-order valence-corrected chi connectivity index (χ2v) is 7.40. The first-order valence-corrected chi connectivity index (χ1v) is 7.07. The molecule has 0 aliphatic carbocycles. The van der Waals surface area contributed by atoms with Crippen molar-refractivity contribution in [1.82, 2.24) is 5.32 Å². The van der Waals surface area contributed by atoms with E-state index in [0.29, 0.717) is 10.7 Å². The highest BCUT2D eigenvalue weighted by Gasteiger charge is 2.41. The molecular formula is C12H23NOS. The minimum absolute atomic E-state index is 0.368. The number of hydrogen-bond acceptors (Lipinski definition) is 3. The molecular weight excluding hydrogens is 206 g/mol. The maximum absolute atomic E-state index is 10.5. The summed E-state index contributed by atoms with van der Waals surface area (Å²) in [5.41, 5.74) is -0.426. The van der Waals surface area contributed by atoms with Crippen LogP contribution in [0.1, 0.15) is 39.5 Å². The van der Waals surface area contributed by atoms with Crippen molar-refractivity contribution in [2.24, 2.45) is 5.92 Å². The Hall–Kier alpha value is 0.270. The van der Waals surface area contributed by atoms with Gasteiger partial charge in [0.2, 0.25) is 0 Å². The largest absolute Gasteiger partial charge is 0.389 e. The summed E-state index contributed by atoms with van der Waals surface area (Å²) in [7, 11) is 0. The summed E-state index contributed by atoms with van der Waals surface area (Å²) in [5.74, 6) is 1.95. The lowest BCUT2D eigenvalue weighted by Crippen LogP contribution is -2.48. The molecule has 2 rings (SSSR count). The molecule has 3 heteroatoms. The predicted molar refractivity (Wildman–Crippen MR) is 66.3 cm³/mol. The highest BCUT2D eigenvalue weighted by atomic mass is 32.2. The van der Waals surface area contributed by atoms with Gasteiger partial charge in [0.05, 0.1) is 5.60 Å². The van der Waals surface area contributed by atoms with Crippen LogP contribution in [-0.4, -0.2) is 34.3 Å². The van der Waals surface area contributed by atoms with Crippen molar-refractivity contribution < 1.29 is 5.11 Å². The second-order valence-electron chi connectivity index (χ2n) is 5.65. The number of aliphatic hydroxyl groups is 1. The van der Waals surface area contributed by atoms with Crippen molar-refractivity contribution in [3.05, 3.63) is 0 Å². The predicted octanol–water partition coefficient (Wildman–Crippen LogP) is 2.02. The molecule has 0 aromatic rings. The molecule has 0 saturated carbocycles. The fraction of sp³-hybridized carbons (Fsp3) is 1.00. The van der Waals surface area contributed by atoms with Gasteiger partial charge in [0.15, 0.2) is 0 Å². The summed E-state index contributed by atoms with van der Waals surface area (Å²) < 4.78 is 0.368. The highest BCUT2D eigenvalue weighted by Crippen LogP contribution is 2.46. The van der Waals surface area contributed by atoms with Crippen LogP contribution in [0.25, 0.3) is 0 Å². The molecule has 0 spiro atoms. The van der Waals surface area contributed by atoms with Gasteiger partial charge < -0.3 is 10.4 Å². The van der Waals surface area contributed by atoms with Gasteiger partial charge in [-0.3, -0.25) is 0 Å². The normalized spacial score (nSPS) is 40.6. The van der Waals surface area contributed by atoms with Gasteiger partial charge in [-0.05, 0) is 43.9 Å². The monoisotopic (exact) mass is 229 g/mol. The van der Waals surface area contributed by atoms with E-state index in [1.54, 1.807) is 0 Å². The molecule has 0 bridgehead atoms. The smallest absolute Gasteiger partial charge is 0.0775 e. The van der Waals surface area contributed by atoms with Crippen LogP contribution in [0.15, 0.2) is 0 Å². The second kappa shape index (κ2) is 4.27. The lowest BCUT2D eigenvalue weighted by Gasteiger charge is -2.38. The minimum atomic E-state index is -0.426. The number of thioether (sulfide) groups is 1. The number of piperidine rings is 1. The molecule has 0 radical (unpaired) electrons. The Balaban J connectivity index is 1.95. The lowest BCUT2D eigenvalue weighted by atomic mass is 9.79.